The van der Waals surface area contributed by atoms with Crippen LogP contribution < -0.4 is 11.1 Å². The lowest BCUT2D eigenvalue weighted by molar-refractivity contribution is -0.133. The molecular formula is C20H23ClN4O4S. The maximum absolute atomic E-state index is 12.7. The normalized spacial score (nSPS) is 14.5. The van der Waals surface area contributed by atoms with E-state index in [2.05, 4.69) is 10.2 Å². The van der Waals surface area contributed by atoms with E-state index in [1.807, 2.05) is 17.5 Å². The molecule has 2 amide bonds. The molecule has 2 aromatic heterocycles. The third-order valence-electron chi connectivity index (χ3n) is 5.05. The van der Waals surface area contributed by atoms with Gasteiger partial charge >= 0.3 is 5.76 Å². The molecule has 4 rings (SSSR count). The molecule has 3 heterocycles. The third-order valence-corrected chi connectivity index (χ3v) is 5.92. The van der Waals surface area contributed by atoms with Gasteiger partial charge in [-0.3, -0.25) is 19.1 Å². The van der Waals surface area contributed by atoms with Crippen molar-refractivity contribution in [1.82, 2.24) is 19.7 Å². The van der Waals surface area contributed by atoms with E-state index in [-0.39, 0.29) is 30.8 Å². The zero-order valence-electron chi connectivity index (χ0n) is 16.3. The van der Waals surface area contributed by atoms with Crippen molar-refractivity contribution >= 4 is 46.7 Å². The predicted octanol–water partition coefficient (Wildman–Crippen LogP) is 1.65. The zero-order chi connectivity index (χ0) is 20.2. The van der Waals surface area contributed by atoms with Gasteiger partial charge in [-0.05, 0) is 23.6 Å². The molecule has 1 aliphatic rings. The van der Waals surface area contributed by atoms with Gasteiger partial charge in [-0.1, -0.05) is 18.2 Å². The van der Waals surface area contributed by atoms with Gasteiger partial charge in [0.25, 0.3) is 5.91 Å². The quantitative estimate of drug-likeness (QED) is 0.617. The summed E-state index contributed by atoms with van der Waals surface area (Å²) in [7, 11) is 0. The maximum atomic E-state index is 12.7. The van der Waals surface area contributed by atoms with Gasteiger partial charge in [0, 0.05) is 39.3 Å². The number of amides is 2. The Bertz CT molecular complexity index is 1050. The maximum Gasteiger partial charge on any atom is 0.420 e. The van der Waals surface area contributed by atoms with Gasteiger partial charge in [-0.15, -0.1) is 23.7 Å². The van der Waals surface area contributed by atoms with Crippen molar-refractivity contribution in [2.24, 2.45) is 0 Å². The lowest BCUT2D eigenvalue weighted by atomic mass is 10.3. The fourth-order valence-electron chi connectivity index (χ4n) is 3.44. The summed E-state index contributed by atoms with van der Waals surface area (Å²) in [5.41, 5.74) is 1.12. The summed E-state index contributed by atoms with van der Waals surface area (Å²) in [6.07, 6.45) is 0. The van der Waals surface area contributed by atoms with Gasteiger partial charge in [-0.25, -0.2) is 4.79 Å². The van der Waals surface area contributed by atoms with Crippen LogP contribution in [0.5, 0.6) is 0 Å². The first-order valence-electron chi connectivity index (χ1n) is 9.52. The summed E-state index contributed by atoms with van der Waals surface area (Å²) < 4.78 is 6.57. The molecule has 3 aromatic rings. The molecule has 8 nitrogen and oxygen atoms in total. The molecule has 0 atom stereocenters. The first kappa shape index (κ1) is 22.1. The van der Waals surface area contributed by atoms with Crippen molar-refractivity contribution < 1.29 is 14.0 Å². The molecule has 1 saturated heterocycles. The third kappa shape index (κ3) is 4.92. The number of carbonyl (C=O) groups is 2. The number of nitrogens with one attached hydrogen (secondary N) is 1. The molecular weight excluding hydrogens is 428 g/mol. The fourth-order valence-corrected chi connectivity index (χ4v) is 4.08. The SMILES string of the molecule is Cl.O=C(NCCN1CCN(C(=O)Cn2c(=O)oc3ccccc32)CC1)c1cccs1. The highest BCUT2D eigenvalue weighted by Gasteiger charge is 2.22. The Kier molecular flexibility index (Phi) is 7.30. The second-order valence-corrected chi connectivity index (χ2v) is 7.83. The number of para-hydroxylation sites is 2. The van der Waals surface area contributed by atoms with Crippen LogP contribution in [0.3, 0.4) is 0 Å². The fraction of sp³-hybridized carbons (Fsp3) is 0.350. The molecule has 0 radical (unpaired) electrons. The van der Waals surface area contributed by atoms with Crippen LogP contribution in [-0.2, 0) is 11.3 Å². The highest BCUT2D eigenvalue weighted by atomic mass is 35.5. The van der Waals surface area contributed by atoms with Crippen LogP contribution in [0.2, 0.25) is 0 Å². The topological polar surface area (TPSA) is 87.8 Å². The Morgan fingerprint density at radius 2 is 1.83 bits per heavy atom. The number of carbonyl (C=O) groups excluding carboxylic acids is 2. The lowest BCUT2D eigenvalue weighted by Gasteiger charge is -2.34. The van der Waals surface area contributed by atoms with Crippen LogP contribution >= 0.6 is 23.7 Å². The average Bonchev–Trinajstić information content (AvgIpc) is 3.37. The number of benzene rings is 1. The van der Waals surface area contributed by atoms with Crippen molar-refractivity contribution in [3.05, 3.63) is 57.2 Å². The van der Waals surface area contributed by atoms with Crippen LogP contribution in [0.1, 0.15) is 9.67 Å². The van der Waals surface area contributed by atoms with E-state index in [4.69, 9.17) is 4.42 Å². The Labute approximate surface area is 183 Å². The number of piperazine rings is 1. The van der Waals surface area contributed by atoms with Crippen molar-refractivity contribution in [2.45, 2.75) is 6.54 Å². The van der Waals surface area contributed by atoms with Crippen LogP contribution in [0.15, 0.2) is 51.0 Å². The first-order valence-corrected chi connectivity index (χ1v) is 10.4. The monoisotopic (exact) mass is 450 g/mol. The second kappa shape index (κ2) is 9.92. The number of thiophene rings is 1. The number of oxazole rings is 1. The number of hydrogen-bond donors (Lipinski definition) is 1. The van der Waals surface area contributed by atoms with E-state index < -0.39 is 5.76 Å². The highest BCUT2D eigenvalue weighted by Crippen LogP contribution is 2.12. The summed E-state index contributed by atoms with van der Waals surface area (Å²) in [6.45, 7) is 3.96. The van der Waals surface area contributed by atoms with Crippen molar-refractivity contribution in [2.75, 3.05) is 39.3 Å². The summed E-state index contributed by atoms with van der Waals surface area (Å²) in [5.74, 6) is -0.657. The smallest absolute Gasteiger partial charge is 0.408 e. The Balaban J connectivity index is 0.00000256. The summed E-state index contributed by atoms with van der Waals surface area (Å²) >= 11 is 1.42. The van der Waals surface area contributed by atoms with Gasteiger partial charge < -0.3 is 14.6 Å². The number of rotatable bonds is 6. The largest absolute Gasteiger partial charge is 0.420 e. The molecule has 0 unspecified atom stereocenters. The van der Waals surface area contributed by atoms with E-state index in [1.54, 1.807) is 29.2 Å². The van der Waals surface area contributed by atoms with E-state index in [0.29, 0.717) is 35.6 Å². The molecule has 1 aliphatic heterocycles. The van der Waals surface area contributed by atoms with Gasteiger partial charge in [0.2, 0.25) is 5.91 Å². The highest BCUT2D eigenvalue weighted by molar-refractivity contribution is 7.12. The Hall–Kier alpha value is -2.62. The minimum absolute atomic E-state index is 0. The van der Waals surface area contributed by atoms with Crippen LogP contribution in [0.25, 0.3) is 11.1 Å². The molecule has 1 N–H and O–H groups in total. The van der Waals surface area contributed by atoms with Gasteiger partial charge in [0.05, 0.1) is 10.4 Å². The molecule has 1 fully saturated rings. The van der Waals surface area contributed by atoms with Gasteiger partial charge in [0.15, 0.2) is 5.58 Å². The van der Waals surface area contributed by atoms with Crippen LogP contribution in [0.4, 0.5) is 0 Å². The number of fused-ring (bicyclic) bond motifs is 1. The molecule has 30 heavy (non-hydrogen) atoms. The molecule has 1 aromatic carbocycles. The van der Waals surface area contributed by atoms with Gasteiger partial charge in [-0.2, -0.15) is 0 Å². The molecule has 160 valence electrons. The van der Waals surface area contributed by atoms with Crippen molar-refractivity contribution in [3.63, 3.8) is 0 Å². The average molecular weight is 451 g/mol. The molecule has 0 aliphatic carbocycles. The minimum Gasteiger partial charge on any atom is -0.408 e. The predicted molar refractivity (Wildman–Crippen MR) is 117 cm³/mol. The van der Waals surface area contributed by atoms with E-state index in [0.717, 1.165) is 19.6 Å². The van der Waals surface area contributed by atoms with E-state index in [1.165, 1.54) is 15.9 Å². The number of halogens is 1. The van der Waals surface area contributed by atoms with Crippen LogP contribution in [-0.4, -0.2) is 65.4 Å². The van der Waals surface area contributed by atoms with Crippen molar-refractivity contribution in [3.8, 4) is 0 Å². The molecule has 0 saturated carbocycles. The van der Waals surface area contributed by atoms with Crippen molar-refractivity contribution in [1.29, 1.82) is 0 Å². The first-order chi connectivity index (χ1) is 14.1. The standard InChI is InChI=1S/C20H22N4O4S.ClH/c25-18(14-24-15-4-1-2-5-16(15)28-20(24)27)23-11-9-22(10-12-23)8-7-21-19(26)17-6-3-13-29-17;/h1-6,13H,7-12,14H2,(H,21,26);1H. The number of nitrogens with zero attached hydrogens (tertiary/aromatic N) is 3. The lowest BCUT2D eigenvalue weighted by Crippen LogP contribution is -2.51. The molecule has 0 spiro atoms. The summed E-state index contributed by atoms with van der Waals surface area (Å²) in [5, 5.41) is 4.80. The summed E-state index contributed by atoms with van der Waals surface area (Å²) in [6, 6.07) is 10.8. The molecule has 0 bridgehead atoms. The number of hydrogen-bond acceptors (Lipinski definition) is 6. The number of aromatic nitrogens is 1. The molecule has 10 heteroatoms. The second-order valence-electron chi connectivity index (χ2n) is 6.88. The zero-order valence-corrected chi connectivity index (χ0v) is 17.9. The minimum atomic E-state index is -0.514. The Morgan fingerprint density at radius 1 is 1.07 bits per heavy atom. The van der Waals surface area contributed by atoms with Gasteiger partial charge in [0.1, 0.15) is 6.54 Å². The van der Waals surface area contributed by atoms with E-state index >= 15 is 0 Å². The Morgan fingerprint density at radius 3 is 2.57 bits per heavy atom. The summed E-state index contributed by atoms with van der Waals surface area (Å²) in [4.78, 5) is 41.4. The van der Waals surface area contributed by atoms with Crippen LogP contribution in [0, 0.1) is 0 Å². The van der Waals surface area contributed by atoms with E-state index in [9.17, 15) is 14.4 Å².